The van der Waals surface area contributed by atoms with E-state index in [0.717, 1.165) is 0 Å². The molecule has 7 heteroatoms. The fourth-order valence-corrected chi connectivity index (χ4v) is 1.95. The first kappa shape index (κ1) is 15.5. The zero-order valence-corrected chi connectivity index (χ0v) is 10.7. The van der Waals surface area contributed by atoms with Crippen LogP contribution in [0.5, 0.6) is 0 Å². The first-order valence-electron chi connectivity index (χ1n) is 6.01. The van der Waals surface area contributed by atoms with Gasteiger partial charge in [-0.2, -0.15) is 13.2 Å². The van der Waals surface area contributed by atoms with E-state index >= 15 is 0 Å². The zero-order valence-electron chi connectivity index (χ0n) is 10.7. The van der Waals surface area contributed by atoms with Crippen molar-refractivity contribution >= 4 is 11.8 Å². The second kappa shape index (κ2) is 6.08. The van der Waals surface area contributed by atoms with Gasteiger partial charge in [-0.15, -0.1) is 0 Å². The number of halogens is 3. The summed E-state index contributed by atoms with van der Waals surface area (Å²) in [5.74, 6) is -2.06. The Hall–Kier alpha value is -1.53. The molecule has 1 saturated heterocycles. The largest absolute Gasteiger partial charge is 0.471 e. The molecule has 19 heavy (non-hydrogen) atoms. The third kappa shape index (κ3) is 4.57. The Morgan fingerprint density at radius 3 is 2.26 bits per heavy atom. The van der Waals surface area contributed by atoms with Crippen LogP contribution in [0.2, 0.25) is 0 Å². The summed E-state index contributed by atoms with van der Waals surface area (Å²) in [5.41, 5.74) is 0.448. The maximum Gasteiger partial charge on any atom is 0.471 e. The Balaban J connectivity index is 2.33. The number of rotatable bonds is 3. The molecule has 0 radical (unpaired) electrons. The minimum Gasteiger partial charge on any atom is -0.348 e. The molecule has 0 aliphatic carbocycles. The number of nitrogens with one attached hydrogen (secondary N) is 1. The van der Waals surface area contributed by atoms with Crippen LogP contribution in [0.4, 0.5) is 13.2 Å². The van der Waals surface area contributed by atoms with Crippen molar-refractivity contribution in [3.8, 4) is 0 Å². The zero-order chi connectivity index (χ0) is 14.6. The lowest BCUT2D eigenvalue weighted by Gasteiger charge is -2.32. The molecule has 0 unspecified atom stereocenters. The van der Waals surface area contributed by atoms with E-state index in [1.807, 2.05) is 5.32 Å². The van der Waals surface area contributed by atoms with Gasteiger partial charge in [-0.05, 0) is 25.7 Å². The van der Waals surface area contributed by atoms with Crippen molar-refractivity contribution in [3.63, 3.8) is 0 Å². The molecule has 4 nitrogen and oxygen atoms in total. The summed E-state index contributed by atoms with van der Waals surface area (Å²) < 4.78 is 36.0. The van der Waals surface area contributed by atoms with E-state index in [2.05, 4.69) is 6.58 Å². The molecule has 1 N–H and O–H groups in total. The van der Waals surface area contributed by atoms with E-state index < -0.39 is 12.1 Å². The van der Waals surface area contributed by atoms with Crippen molar-refractivity contribution < 1.29 is 22.8 Å². The molecule has 0 spiro atoms. The van der Waals surface area contributed by atoms with Crippen molar-refractivity contribution in [2.45, 2.75) is 25.9 Å². The molecular weight excluding hydrogens is 261 g/mol. The van der Waals surface area contributed by atoms with Gasteiger partial charge in [0.25, 0.3) is 0 Å². The summed E-state index contributed by atoms with van der Waals surface area (Å²) in [7, 11) is 0. The fourth-order valence-electron chi connectivity index (χ4n) is 1.95. The van der Waals surface area contributed by atoms with Crippen LogP contribution < -0.4 is 5.32 Å². The third-order valence-electron chi connectivity index (χ3n) is 3.08. The monoisotopic (exact) mass is 278 g/mol. The minimum absolute atomic E-state index is 0.00650. The summed E-state index contributed by atoms with van der Waals surface area (Å²) >= 11 is 0. The maximum atomic E-state index is 12.0. The molecule has 1 aliphatic rings. The number of likely N-dealkylation sites (tertiary alicyclic amines) is 1. The number of amides is 2. The number of alkyl halides is 3. The summed E-state index contributed by atoms with van der Waals surface area (Å²) in [4.78, 5) is 23.9. The summed E-state index contributed by atoms with van der Waals surface area (Å²) in [6.07, 6.45) is -3.68. The Bertz CT molecular complexity index is 372. The number of hydrogen-bond donors (Lipinski definition) is 1. The van der Waals surface area contributed by atoms with Gasteiger partial charge in [-0.3, -0.25) is 9.59 Å². The molecule has 1 aliphatic heterocycles. The Morgan fingerprint density at radius 2 is 1.84 bits per heavy atom. The van der Waals surface area contributed by atoms with Gasteiger partial charge >= 0.3 is 12.1 Å². The van der Waals surface area contributed by atoms with Crippen LogP contribution in [0.25, 0.3) is 0 Å². The molecule has 2 amide bonds. The van der Waals surface area contributed by atoms with Crippen LogP contribution in [-0.4, -0.2) is 42.5 Å². The molecule has 1 heterocycles. The number of carbonyl (C=O) groups excluding carboxylic acids is 2. The summed E-state index contributed by atoms with van der Waals surface area (Å²) in [5, 5.41) is 1.87. The van der Waals surface area contributed by atoms with Crippen molar-refractivity contribution in [2.24, 2.45) is 5.92 Å². The predicted octanol–water partition coefficient (Wildman–Crippen LogP) is 1.48. The molecule has 1 rings (SSSR count). The normalized spacial score (nSPS) is 17.2. The summed E-state index contributed by atoms with van der Waals surface area (Å²) in [6, 6.07) is 0. The van der Waals surface area contributed by atoms with Gasteiger partial charge in [0, 0.05) is 25.2 Å². The number of carbonyl (C=O) groups is 2. The van der Waals surface area contributed by atoms with E-state index in [4.69, 9.17) is 0 Å². The quantitative estimate of drug-likeness (QED) is 0.795. The van der Waals surface area contributed by atoms with Crippen molar-refractivity contribution in [3.05, 3.63) is 12.2 Å². The molecule has 0 bridgehead atoms. The number of hydrogen-bond acceptors (Lipinski definition) is 2. The molecule has 0 saturated carbocycles. The van der Waals surface area contributed by atoms with Gasteiger partial charge in [-0.1, -0.05) is 6.58 Å². The Morgan fingerprint density at radius 1 is 1.32 bits per heavy atom. The molecule has 0 aromatic carbocycles. The maximum absolute atomic E-state index is 12.0. The second-order valence-corrected chi connectivity index (χ2v) is 4.72. The van der Waals surface area contributed by atoms with E-state index in [-0.39, 0.29) is 18.4 Å². The Kier molecular flexibility index (Phi) is 4.97. The molecule has 0 atom stereocenters. The highest BCUT2D eigenvalue weighted by atomic mass is 19.4. The van der Waals surface area contributed by atoms with Crippen LogP contribution in [0.15, 0.2) is 12.2 Å². The lowest BCUT2D eigenvalue weighted by molar-refractivity contribution is -0.173. The number of nitrogens with zero attached hydrogens (tertiary/aromatic N) is 1. The predicted molar refractivity (Wildman–Crippen MR) is 63.2 cm³/mol. The minimum atomic E-state index is -4.84. The molecule has 108 valence electrons. The second-order valence-electron chi connectivity index (χ2n) is 4.72. The van der Waals surface area contributed by atoms with Gasteiger partial charge in [-0.25, -0.2) is 0 Å². The van der Waals surface area contributed by atoms with Gasteiger partial charge in [0.1, 0.15) is 0 Å². The van der Waals surface area contributed by atoms with Crippen LogP contribution in [0.1, 0.15) is 19.8 Å². The average molecular weight is 278 g/mol. The van der Waals surface area contributed by atoms with Crippen LogP contribution in [0, 0.1) is 5.92 Å². The van der Waals surface area contributed by atoms with E-state index in [0.29, 0.717) is 31.5 Å². The molecule has 1 fully saturated rings. The van der Waals surface area contributed by atoms with Crippen LogP contribution >= 0.6 is 0 Å². The van der Waals surface area contributed by atoms with E-state index in [1.54, 1.807) is 11.8 Å². The molecule has 0 aromatic rings. The van der Waals surface area contributed by atoms with E-state index in [9.17, 15) is 22.8 Å². The van der Waals surface area contributed by atoms with Crippen molar-refractivity contribution in [1.82, 2.24) is 10.2 Å². The Labute approximate surface area is 109 Å². The third-order valence-corrected chi connectivity index (χ3v) is 3.08. The highest BCUT2D eigenvalue weighted by Gasteiger charge is 2.38. The summed E-state index contributed by atoms with van der Waals surface area (Å²) in [6.45, 7) is 6.15. The van der Waals surface area contributed by atoms with Gasteiger partial charge in [0.05, 0.1) is 0 Å². The molecular formula is C12H17F3N2O2. The van der Waals surface area contributed by atoms with Crippen LogP contribution in [-0.2, 0) is 9.59 Å². The standard InChI is InChI=1S/C12H17F3N2O2/c1-8(2)10(18)17-5-3-9(4-6-17)7-16-11(19)12(13,14)15/h9H,1,3-7H2,2H3,(H,16,19). The smallest absolute Gasteiger partial charge is 0.348 e. The molecule has 0 aromatic heterocycles. The van der Waals surface area contributed by atoms with Gasteiger partial charge < -0.3 is 10.2 Å². The van der Waals surface area contributed by atoms with Gasteiger partial charge in [0.2, 0.25) is 5.91 Å². The highest BCUT2D eigenvalue weighted by Crippen LogP contribution is 2.19. The lowest BCUT2D eigenvalue weighted by atomic mass is 9.96. The highest BCUT2D eigenvalue weighted by molar-refractivity contribution is 5.92. The SMILES string of the molecule is C=C(C)C(=O)N1CCC(CNC(=O)C(F)(F)F)CC1. The first-order valence-corrected chi connectivity index (χ1v) is 6.01. The number of piperidine rings is 1. The van der Waals surface area contributed by atoms with Crippen molar-refractivity contribution in [2.75, 3.05) is 19.6 Å². The van der Waals surface area contributed by atoms with Crippen molar-refractivity contribution in [1.29, 1.82) is 0 Å². The lowest BCUT2D eigenvalue weighted by Crippen LogP contribution is -2.44. The fraction of sp³-hybridized carbons (Fsp3) is 0.667. The van der Waals surface area contributed by atoms with Gasteiger partial charge in [0.15, 0.2) is 0 Å². The first-order chi connectivity index (χ1) is 8.71. The van der Waals surface area contributed by atoms with E-state index in [1.165, 1.54) is 0 Å². The average Bonchev–Trinajstić information content (AvgIpc) is 2.34. The topological polar surface area (TPSA) is 49.4 Å². The van der Waals surface area contributed by atoms with Crippen LogP contribution in [0.3, 0.4) is 0 Å².